The molecule has 5 heterocycles. The summed E-state index contributed by atoms with van der Waals surface area (Å²) < 4.78 is 6.09. The lowest BCUT2D eigenvalue weighted by Crippen LogP contribution is -2.40. The summed E-state index contributed by atoms with van der Waals surface area (Å²) in [7, 11) is 0. The van der Waals surface area contributed by atoms with Crippen LogP contribution in [0.2, 0.25) is 0 Å². The Morgan fingerprint density at radius 3 is 3.03 bits per heavy atom. The molecule has 1 N–H and O–H groups in total. The van der Waals surface area contributed by atoms with E-state index in [4.69, 9.17) is 4.42 Å². The van der Waals surface area contributed by atoms with E-state index >= 15 is 0 Å². The molecule has 4 aromatic rings. The maximum absolute atomic E-state index is 13.1. The molecule has 0 radical (unpaired) electrons. The van der Waals surface area contributed by atoms with Crippen molar-refractivity contribution in [2.24, 2.45) is 0 Å². The van der Waals surface area contributed by atoms with Crippen LogP contribution in [0.3, 0.4) is 0 Å². The van der Waals surface area contributed by atoms with Crippen LogP contribution in [0.15, 0.2) is 56.1 Å². The zero-order chi connectivity index (χ0) is 20.3. The van der Waals surface area contributed by atoms with E-state index in [2.05, 4.69) is 44.5 Å². The molecule has 154 valence electrons. The van der Waals surface area contributed by atoms with Gasteiger partial charge in [-0.25, -0.2) is 0 Å². The number of hydrogen-bond acceptors (Lipinski definition) is 9. The van der Waals surface area contributed by atoms with E-state index in [9.17, 15) is 4.79 Å². The highest BCUT2D eigenvalue weighted by Gasteiger charge is 2.33. The van der Waals surface area contributed by atoms with E-state index in [0.717, 1.165) is 28.2 Å². The van der Waals surface area contributed by atoms with E-state index in [1.165, 1.54) is 38.4 Å². The summed E-state index contributed by atoms with van der Waals surface area (Å²) in [6, 6.07) is 10.1. The molecule has 0 aliphatic carbocycles. The topological polar surface area (TPSA) is 71.3 Å². The third-order valence-corrected chi connectivity index (χ3v) is 8.74. The molecule has 1 aliphatic heterocycles. The van der Waals surface area contributed by atoms with E-state index in [0.29, 0.717) is 12.3 Å². The Balaban J connectivity index is 1.23. The van der Waals surface area contributed by atoms with Crippen LogP contribution in [0.1, 0.15) is 27.1 Å². The SMILES string of the molecule is O=C(CSc1nnc(NCc2ccco2)s1)N1CCc2sccc2C1c1cccs1. The minimum Gasteiger partial charge on any atom is -0.467 e. The van der Waals surface area contributed by atoms with E-state index < -0.39 is 0 Å². The molecule has 0 fully saturated rings. The number of rotatable bonds is 7. The Kier molecular flexibility index (Phi) is 5.89. The summed E-state index contributed by atoms with van der Waals surface area (Å²) in [6.07, 6.45) is 2.57. The van der Waals surface area contributed by atoms with E-state index in [1.54, 1.807) is 28.9 Å². The second-order valence-corrected chi connectivity index (χ2v) is 10.8. The molecule has 6 nitrogen and oxygen atoms in total. The number of carbonyl (C=O) groups is 1. The van der Waals surface area contributed by atoms with Crippen molar-refractivity contribution < 1.29 is 9.21 Å². The Morgan fingerprint density at radius 2 is 2.20 bits per heavy atom. The monoisotopic (exact) mass is 474 g/mol. The van der Waals surface area contributed by atoms with Gasteiger partial charge in [0.2, 0.25) is 11.0 Å². The largest absolute Gasteiger partial charge is 0.467 e. The van der Waals surface area contributed by atoms with Gasteiger partial charge in [-0.15, -0.1) is 32.9 Å². The summed E-state index contributed by atoms with van der Waals surface area (Å²) in [5, 5.41) is 16.5. The van der Waals surface area contributed by atoms with Gasteiger partial charge in [-0.05, 0) is 47.0 Å². The predicted molar refractivity (Wildman–Crippen MR) is 123 cm³/mol. The smallest absolute Gasteiger partial charge is 0.233 e. The molecule has 1 amide bonds. The first kappa shape index (κ1) is 19.8. The van der Waals surface area contributed by atoms with Crippen molar-refractivity contribution in [2.45, 2.75) is 23.3 Å². The molecule has 0 spiro atoms. The third-order valence-electron chi connectivity index (χ3n) is 4.82. The molecular formula is C20H18N4O2S4. The van der Waals surface area contributed by atoms with Crippen LogP contribution < -0.4 is 5.32 Å². The average Bonchev–Trinajstić information content (AvgIpc) is 3.56. The first-order chi connectivity index (χ1) is 14.8. The lowest BCUT2D eigenvalue weighted by molar-refractivity contribution is -0.130. The number of fused-ring (bicyclic) bond motifs is 1. The fourth-order valence-electron chi connectivity index (χ4n) is 3.46. The van der Waals surface area contributed by atoms with Gasteiger partial charge in [0.15, 0.2) is 4.34 Å². The van der Waals surface area contributed by atoms with Crippen LogP contribution in [0.4, 0.5) is 5.13 Å². The minimum absolute atomic E-state index is 0.0213. The first-order valence-corrected chi connectivity index (χ1v) is 13.0. The van der Waals surface area contributed by atoms with Crippen LogP contribution in [-0.4, -0.2) is 33.3 Å². The molecule has 1 unspecified atom stereocenters. The van der Waals surface area contributed by atoms with Gasteiger partial charge in [0.1, 0.15) is 5.76 Å². The number of carbonyl (C=O) groups excluding carboxylic acids is 1. The van der Waals surface area contributed by atoms with Crippen molar-refractivity contribution >= 4 is 56.8 Å². The molecule has 30 heavy (non-hydrogen) atoms. The van der Waals surface area contributed by atoms with Crippen molar-refractivity contribution in [3.63, 3.8) is 0 Å². The quantitative estimate of drug-likeness (QED) is 0.374. The molecule has 1 aliphatic rings. The standard InChI is InChI=1S/C20H18N4O2S4/c25-17(12-29-20-23-22-19(30-20)21-11-13-3-1-8-26-13)24-7-5-15-14(6-10-28-15)18(24)16-4-2-9-27-16/h1-4,6,8-10,18H,5,7,11-12H2,(H,21,22). The Morgan fingerprint density at radius 1 is 1.23 bits per heavy atom. The van der Waals surface area contributed by atoms with Crippen LogP contribution in [0.25, 0.3) is 0 Å². The van der Waals surface area contributed by atoms with Crippen molar-refractivity contribution in [1.29, 1.82) is 0 Å². The molecule has 0 saturated carbocycles. The lowest BCUT2D eigenvalue weighted by Gasteiger charge is -2.35. The van der Waals surface area contributed by atoms with Crippen molar-refractivity contribution in [1.82, 2.24) is 15.1 Å². The van der Waals surface area contributed by atoms with Gasteiger partial charge in [-0.2, -0.15) is 0 Å². The van der Waals surface area contributed by atoms with Crippen molar-refractivity contribution in [3.8, 4) is 0 Å². The van der Waals surface area contributed by atoms with Crippen LogP contribution >= 0.6 is 45.8 Å². The zero-order valence-electron chi connectivity index (χ0n) is 15.8. The molecule has 0 saturated heterocycles. The number of thioether (sulfide) groups is 1. The maximum atomic E-state index is 13.1. The van der Waals surface area contributed by atoms with Gasteiger partial charge in [-0.1, -0.05) is 29.2 Å². The number of thiophene rings is 2. The molecule has 0 bridgehead atoms. The molecule has 5 rings (SSSR count). The van der Waals surface area contributed by atoms with Crippen LogP contribution in [-0.2, 0) is 17.8 Å². The number of nitrogens with zero attached hydrogens (tertiary/aromatic N) is 3. The summed E-state index contributed by atoms with van der Waals surface area (Å²) in [4.78, 5) is 17.8. The van der Waals surface area contributed by atoms with Crippen molar-refractivity contribution in [3.05, 3.63) is 68.4 Å². The highest BCUT2D eigenvalue weighted by Crippen LogP contribution is 2.40. The average molecular weight is 475 g/mol. The second kappa shape index (κ2) is 8.93. The predicted octanol–water partition coefficient (Wildman–Crippen LogP) is 5.13. The number of nitrogens with one attached hydrogen (secondary N) is 1. The van der Waals surface area contributed by atoms with Crippen molar-refractivity contribution in [2.75, 3.05) is 17.6 Å². The van der Waals surface area contributed by atoms with E-state index in [1.807, 2.05) is 17.0 Å². The van der Waals surface area contributed by atoms with Gasteiger partial charge in [0, 0.05) is 16.3 Å². The van der Waals surface area contributed by atoms with E-state index in [-0.39, 0.29) is 11.9 Å². The number of amides is 1. The number of anilines is 1. The normalized spacial score (nSPS) is 15.9. The van der Waals surface area contributed by atoms with Gasteiger partial charge >= 0.3 is 0 Å². The lowest BCUT2D eigenvalue weighted by atomic mass is 9.98. The molecule has 1 atom stereocenters. The fraction of sp³-hybridized carbons (Fsp3) is 0.250. The summed E-state index contributed by atoms with van der Waals surface area (Å²) >= 11 is 6.39. The number of furan rings is 1. The molecule has 10 heteroatoms. The number of hydrogen-bond donors (Lipinski definition) is 1. The first-order valence-electron chi connectivity index (χ1n) is 9.39. The number of aromatic nitrogens is 2. The highest BCUT2D eigenvalue weighted by atomic mass is 32.2. The summed E-state index contributed by atoms with van der Waals surface area (Å²) in [5.41, 5.74) is 1.27. The minimum atomic E-state index is 0.0213. The Labute approximate surface area is 190 Å². The summed E-state index contributed by atoms with van der Waals surface area (Å²) in [5.74, 6) is 1.33. The molecule has 0 aromatic carbocycles. The second-order valence-electron chi connectivity index (χ2n) is 6.65. The third kappa shape index (κ3) is 4.18. The molecule has 4 aromatic heterocycles. The van der Waals surface area contributed by atoms with Gasteiger partial charge < -0.3 is 14.6 Å². The molecular weight excluding hydrogens is 457 g/mol. The van der Waals surface area contributed by atoms with Gasteiger partial charge in [-0.3, -0.25) is 4.79 Å². The highest BCUT2D eigenvalue weighted by molar-refractivity contribution is 8.01. The van der Waals surface area contributed by atoms with Crippen LogP contribution in [0, 0.1) is 0 Å². The Hall–Kier alpha value is -2.14. The van der Waals surface area contributed by atoms with Gasteiger partial charge in [0.05, 0.1) is 24.6 Å². The summed E-state index contributed by atoms with van der Waals surface area (Å²) in [6.45, 7) is 1.31. The van der Waals surface area contributed by atoms with Gasteiger partial charge in [0.25, 0.3) is 0 Å². The van der Waals surface area contributed by atoms with Crippen LogP contribution in [0.5, 0.6) is 0 Å². The maximum Gasteiger partial charge on any atom is 0.233 e. The fourth-order valence-corrected chi connectivity index (χ4v) is 6.85. The zero-order valence-corrected chi connectivity index (χ0v) is 19.1. The Bertz CT molecular complexity index is 1100.